The third kappa shape index (κ3) is 6.12. The highest BCUT2D eigenvalue weighted by molar-refractivity contribution is 8.00. The molecule has 1 aromatic carbocycles. The zero-order valence-electron chi connectivity index (χ0n) is 13.0. The predicted octanol–water partition coefficient (Wildman–Crippen LogP) is 1.71. The normalized spacial score (nSPS) is 17.1. The smallest absolute Gasteiger partial charge is 0.230 e. The van der Waals surface area contributed by atoms with Crippen LogP contribution in [0.2, 0.25) is 0 Å². The van der Waals surface area contributed by atoms with Gasteiger partial charge in [0.1, 0.15) is 5.82 Å². The van der Waals surface area contributed by atoms with Crippen molar-refractivity contribution < 1.29 is 17.6 Å². The van der Waals surface area contributed by atoms with Gasteiger partial charge in [0.2, 0.25) is 15.9 Å². The van der Waals surface area contributed by atoms with Crippen LogP contribution < -0.4 is 5.32 Å². The summed E-state index contributed by atoms with van der Waals surface area (Å²) in [4.78, 5) is 12.7. The number of rotatable bonds is 6. The van der Waals surface area contributed by atoms with Crippen LogP contribution in [0.4, 0.5) is 4.39 Å². The topological polar surface area (TPSA) is 66.5 Å². The minimum absolute atomic E-state index is 0.0649. The molecule has 0 aromatic heterocycles. The van der Waals surface area contributed by atoms with Gasteiger partial charge in [0.05, 0.1) is 12.0 Å². The fraction of sp³-hybridized carbons (Fsp3) is 0.533. The lowest BCUT2D eigenvalue weighted by Crippen LogP contribution is -2.41. The number of carbonyl (C=O) groups excluding carboxylic acids is 1. The van der Waals surface area contributed by atoms with Gasteiger partial charge >= 0.3 is 0 Å². The van der Waals surface area contributed by atoms with Crippen LogP contribution >= 0.6 is 11.8 Å². The highest BCUT2D eigenvalue weighted by Crippen LogP contribution is 2.19. The molecule has 0 aliphatic carbocycles. The minimum Gasteiger partial charge on any atom is -0.355 e. The molecule has 1 aromatic rings. The first kappa shape index (κ1) is 18.2. The molecule has 1 amide bonds. The molecule has 5 nitrogen and oxygen atoms in total. The quantitative estimate of drug-likeness (QED) is 0.784. The zero-order chi connectivity index (χ0) is 16.9. The molecule has 128 valence electrons. The molecule has 0 radical (unpaired) electrons. The summed E-state index contributed by atoms with van der Waals surface area (Å²) in [6.07, 6.45) is 2.75. The van der Waals surface area contributed by atoms with Crippen LogP contribution in [0, 0.1) is 11.7 Å². The van der Waals surface area contributed by atoms with Crippen molar-refractivity contribution in [2.24, 2.45) is 5.92 Å². The van der Waals surface area contributed by atoms with Crippen molar-refractivity contribution in [2.45, 2.75) is 17.7 Å². The maximum atomic E-state index is 12.8. The summed E-state index contributed by atoms with van der Waals surface area (Å²) in [6, 6.07) is 6.04. The molecule has 1 heterocycles. The first-order chi connectivity index (χ1) is 10.8. The van der Waals surface area contributed by atoms with E-state index >= 15 is 0 Å². The molecule has 1 aliphatic rings. The van der Waals surface area contributed by atoms with Crippen LogP contribution in [0.15, 0.2) is 29.2 Å². The Balaban J connectivity index is 1.66. The van der Waals surface area contributed by atoms with Crippen LogP contribution in [-0.2, 0) is 14.8 Å². The SMILES string of the molecule is CS(=O)(=O)N1CCC(CNC(=O)CSc2ccc(F)cc2)CC1. The summed E-state index contributed by atoms with van der Waals surface area (Å²) in [6.45, 7) is 1.60. The van der Waals surface area contributed by atoms with Gasteiger partial charge in [-0.3, -0.25) is 4.79 Å². The lowest BCUT2D eigenvalue weighted by Gasteiger charge is -2.30. The van der Waals surface area contributed by atoms with E-state index in [2.05, 4.69) is 5.32 Å². The maximum absolute atomic E-state index is 12.8. The lowest BCUT2D eigenvalue weighted by atomic mass is 9.98. The number of nitrogens with zero attached hydrogens (tertiary/aromatic N) is 1. The Morgan fingerprint density at radius 2 is 1.91 bits per heavy atom. The average Bonchev–Trinajstić information content (AvgIpc) is 2.52. The first-order valence-corrected chi connectivity index (χ1v) is 10.3. The fourth-order valence-corrected chi connectivity index (χ4v) is 4.04. The molecular formula is C15H21FN2O3S2. The van der Waals surface area contributed by atoms with Gasteiger partial charge in [-0.15, -0.1) is 11.8 Å². The van der Waals surface area contributed by atoms with Crippen LogP contribution in [0.3, 0.4) is 0 Å². The van der Waals surface area contributed by atoms with E-state index in [1.165, 1.54) is 34.5 Å². The summed E-state index contributed by atoms with van der Waals surface area (Å²) >= 11 is 1.36. The molecule has 8 heteroatoms. The van der Waals surface area contributed by atoms with E-state index in [0.29, 0.717) is 25.6 Å². The number of halogens is 1. The molecule has 0 atom stereocenters. The van der Waals surface area contributed by atoms with Crippen LogP contribution in [0.5, 0.6) is 0 Å². The van der Waals surface area contributed by atoms with Gasteiger partial charge in [-0.05, 0) is 43.0 Å². The summed E-state index contributed by atoms with van der Waals surface area (Å²) in [5.74, 6) is 0.241. The standard InChI is InChI=1S/C15H21FN2O3S2/c1-23(20,21)18-8-6-12(7-9-18)10-17-15(19)11-22-14-4-2-13(16)3-5-14/h2-5,12H,6-11H2,1H3,(H,17,19). The summed E-state index contributed by atoms with van der Waals surface area (Å²) in [5, 5.41) is 2.89. The first-order valence-electron chi connectivity index (χ1n) is 7.45. The number of thioether (sulfide) groups is 1. The van der Waals surface area contributed by atoms with E-state index in [-0.39, 0.29) is 17.5 Å². The zero-order valence-corrected chi connectivity index (χ0v) is 14.6. The van der Waals surface area contributed by atoms with Crippen molar-refractivity contribution in [3.8, 4) is 0 Å². The van der Waals surface area contributed by atoms with Crippen molar-refractivity contribution in [2.75, 3.05) is 31.6 Å². The van der Waals surface area contributed by atoms with E-state index in [9.17, 15) is 17.6 Å². The molecule has 0 unspecified atom stereocenters. The Morgan fingerprint density at radius 3 is 2.48 bits per heavy atom. The molecular weight excluding hydrogens is 339 g/mol. The largest absolute Gasteiger partial charge is 0.355 e. The van der Waals surface area contributed by atoms with Crippen molar-refractivity contribution in [1.82, 2.24) is 9.62 Å². The molecule has 2 rings (SSSR count). The third-order valence-corrected chi connectivity index (χ3v) is 6.13. The van der Waals surface area contributed by atoms with E-state index in [1.807, 2.05) is 0 Å². The fourth-order valence-electron chi connectivity index (χ4n) is 2.43. The monoisotopic (exact) mass is 360 g/mol. The highest BCUT2D eigenvalue weighted by Gasteiger charge is 2.24. The van der Waals surface area contributed by atoms with Gasteiger partial charge in [-0.25, -0.2) is 17.1 Å². The summed E-state index contributed by atoms with van der Waals surface area (Å²) < 4.78 is 37.1. The average molecular weight is 360 g/mol. The van der Waals surface area contributed by atoms with E-state index < -0.39 is 10.0 Å². The number of piperidine rings is 1. The van der Waals surface area contributed by atoms with E-state index in [1.54, 1.807) is 12.1 Å². The third-order valence-electron chi connectivity index (χ3n) is 3.81. The number of carbonyl (C=O) groups is 1. The number of hydrogen-bond acceptors (Lipinski definition) is 4. The van der Waals surface area contributed by atoms with Crippen LogP contribution in [-0.4, -0.2) is 50.3 Å². The molecule has 23 heavy (non-hydrogen) atoms. The summed E-state index contributed by atoms with van der Waals surface area (Å²) in [7, 11) is -3.11. The van der Waals surface area contributed by atoms with E-state index in [0.717, 1.165) is 17.7 Å². The number of sulfonamides is 1. The predicted molar refractivity (Wildman–Crippen MR) is 89.3 cm³/mol. The Morgan fingerprint density at radius 1 is 1.30 bits per heavy atom. The number of nitrogens with one attached hydrogen (secondary N) is 1. The molecule has 0 spiro atoms. The van der Waals surface area contributed by atoms with Gasteiger partial charge in [-0.2, -0.15) is 0 Å². The second-order valence-electron chi connectivity index (χ2n) is 5.65. The molecule has 1 fully saturated rings. The summed E-state index contributed by atoms with van der Waals surface area (Å²) in [5.41, 5.74) is 0. The van der Waals surface area contributed by atoms with Crippen molar-refractivity contribution in [3.63, 3.8) is 0 Å². The van der Waals surface area contributed by atoms with Crippen molar-refractivity contribution in [1.29, 1.82) is 0 Å². The molecule has 1 N–H and O–H groups in total. The molecule has 0 bridgehead atoms. The Bertz CT molecular complexity index is 627. The van der Waals surface area contributed by atoms with Gasteiger partial charge in [-0.1, -0.05) is 0 Å². The van der Waals surface area contributed by atoms with Gasteiger partial charge < -0.3 is 5.32 Å². The molecule has 0 saturated carbocycles. The van der Waals surface area contributed by atoms with Crippen molar-refractivity contribution in [3.05, 3.63) is 30.1 Å². The van der Waals surface area contributed by atoms with E-state index in [4.69, 9.17) is 0 Å². The number of amides is 1. The number of benzene rings is 1. The van der Waals surface area contributed by atoms with Crippen LogP contribution in [0.1, 0.15) is 12.8 Å². The molecule has 1 aliphatic heterocycles. The van der Waals surface area contributed by atoms with Gasteiger partial charge in [0, 0.05) is 24.5 Å². The highest BCUT2D eigenvalue weighted by atomic mass is 32.2. The minimum atomic E-state index is -3.11. The molecule has 1 saturated heterocycles. The Hall–Kier alpha value is -1.12. The Kier molecular flexibility index (Phi) is 6.43. The second kappa shape index (κ2) is 8.12. The number of hydrogen-bond donors (Lipinski definition) is 1. The van der Waals surface area contributed by atoms with Gasteiger partial charge in [0.25, 0.3) is 0 Å². The second-order valence-corrected chi connectivity index (χ2v) is 8.68. The van der Waals surface area contributed by atoms with Gasteiger partial charge in [0.15, 0.2) is 0 Å². The Labute approximate surface area is 140 Å². The van der Waals surface area contributed by atoms with Crippen molar-refractivity contribution >= 4 is 27.7 Å². The van der Waals surface area contributed by atoms with Crippen LogP contribution in [0.25, 0.3) is 0 Å². The lowest BCUT2D eigenvalue weighted by molar-refractivity contribution is -0.118. The maximum Gasteiger partial charge on any atom is 0.230 e.